The van der Waals surface area contributed by atoms with Gasteiger partial charge in [0.15, 0.2) is 0 Å². The largest absolute Gasteiger partial charge is 0.383 e. The minimum atomic E-state index is -0.161. The Balaban J connectivity index is 1.65. The van der Waals surface area contributed by atoms with Gasteiger partial charge >= 0.3 is 6.03 Å². The quantitative estimate of drug-likeness (QED) is 0.796. The fraction of sp³-hybridized carbons (Fsp3) is 0.333. The Hall–Kier alpha value is -2.86. The van der Waals surface area contributed by atoms with E-state index in [0.717, 1.165) is 24.9 Å². The summed E-state index contributed by atoms with van der Waals surface area (Å²) in [6, 6.07) is 14.8. The molecule has 0 atom stereocenters. The zero-order valence-corrected chi connectivity index (χ0v) is 15.5. The zero-order chi connectivity index (χ0) is 19.1. The van der Waals surface area contributed by atoms with Gasteiger partial charge in [0, 0.05) is 37.1 Å². The molecule has 0 saturated heterocycles. The summed E-state index contributed by atoms with van der Waals surface area (Å²) < 4.78 is 4.92. The molecule has 0 aliphatic carbocycles. The fourth-order valence-corrected chi connectivity index (χ4v) is 3.17. The third-order valence-electron chi connectivity index (χ3n) is 4.60. The van der Waals surface area contributed by atoms with Gasteiger partial charge in [-0.3, -0.25) is 9.69 Å². The van der Waals surface area contributed by atoms with Crippen molar-refractivity contribution < 1.29 is 14.3 Å². The Kier molecular flexibility index (Phi) is 6.44. The van der Waals surface area contributed by atoms with Crippen molar-refractivity contribution in [3.05, 3.63) is 59.7 Å². The standard InChI is InChI=1S/C21H25N3O3/c1-27-15-13-22-20(25)17-9-11-18(12-10-17)23-21(26)24-14-5-4-7-16-6-2-3-8-19(16)24/h2-3,6,8-12H,4-5,7,13-15H2,1H3,(H,22,25)(H,23,26). The van der Waals surface area contributed by atoms with E-state index in [1.165, 1.54) is 5.56 Å². The number of fused-ring (bicyclic) bond motifs is 1. The van der Waals surface area contributed by atoms with Crippen LogP contribution in [0.2, 0.25) is 0 Å². The molecule has 0 unspecified atom stereocenters. The van der Waals surface area contributed by atoms with E-state index in [1.54, 1.807) is 36.3 Å². The molecule has 1 heterocycles. The van der Waals surface area contributed by atoms with Crippen LogP contribution in [0.1, 0.15) is 28.8 Å². The lowest BCUT2D eigenvalue weighted by atomic mass is 10.1. The van der Waals surface area contributed by atoms with Gasteiger partial charge in [0.25, 0.3) is 5.91 Å². The summed E-state index contributed by atoms with van der Waals surface area (Å²) in [6.07, 6.45) is 3.04. The maximum Gasteiger partial charge on any atom is 0.326 e. The number of nitrogens with one attached hydrogen (secondary N) is 2. The number of carbonyl (C=O) groups is 2. The number of hydrogen-bond acceptors (Lipinski definition) is 3. The number of rotatable bonds is 5. The second-order valence-electron chi connectivity index (χ2n) is 6.49. The number of nitrogens with zero attached hydrogens (tertiary/aromatic N) is 1. The number of ether oxygens (including phenoxy) is 1. The fourth-order valence-electron chi connectivity index (χ4n) is 3.17. The van der Waals surface area contributed by atoms with Crippen molar-refractivity contribution >= 4 is 23.3 Å². The molecule has 2 aromatic carbocycles. The summed E-state index contributed by atoms with van der Waals surface area (Å²) in [5.41, 5.74) is 3.38. The number of hydrogen-bond donors (Lipinski definition) is 2. The zero-order valence-electron chi connectivity index (χ0n) is 15.5. The van der Waals surface area contributed by atoms with Gasteiger partial charge in [0.05, 0.1) is 6.61 Å². The van der Waals surface area contributed by atoms with Crippen LogP contribution in [-0.2, 0) is 11.2 Å². The van der Waals surface area contributed by atoms with Gasteiger partial charge in [0.2, 0.25) is 0 Å². The molecule has 1 aliphatic heterocycles. The smallest absolute Gasteiger partial charge is 0.326 e. The first-order chi connectivity index (χ1) is 13.2. The van der Waals surface area contributed by atoms with Crippen LogP contribution in [-0.4, -0.2) is 38.7 Å². The van der Waals surface area contributed by atoms with Crippen molar-refractivity contribution in [2.24, 2.45) is 0 Å². The Morgan fingerprint density at radius 2 is 1.85 bits per heavy atom. The summed E-state index contributed by atoms with van der Waals surface area (Å²) in [4.78, 5) is 26.6. The minimum Gasteiger partial charge on any atom is -0.383 e. The first-order valence-corrected chi connectivity index (χ1v) is 9.22. The van der Waals surface area contributed by atoms with E-state index >= 15 is 0 Å². The molecule has 27 heavy (non-hydrogen) atoms. The van der Waals surface area contributed by atoms with E-state index in [9.17, 15) is 9.59 Å². The molecule has 0 fully saturated rings. The predicted molar refractivity (Wildman–Crippen MR) is 106 cm³/mol. The molecule has 3 rings (SSSR count). The third-order valence-corrected chi connectivity index (χ3v) is 4.60. The molecule has 0 radical (unpaired) electrons. The third kappa shape index (κ3) is 4.86. The van der Waals surface area contributed by atoms with E-state index in [0.29, 0.717) is 30.9 Å². The highest BCUT2D eigenvalue weighted by atomic mass is 16.5. The normalized spacial score (nSPS) is 13.4. The molecule has 0 bridgehead atoms. The van der Waals surface area contributed by atoms with Gasteiger partial charge in [-0.1, -0.05) is 18.2 Å². The number of carbonyl (C=O) groups excluding carboxylic acids is 2. The summed E-state index contributed by atoms with van der Waals surface area (Å²) in [6.45, 7) is 1.63. The molecule has 0 saturated carbocycles. The molecule has 2 N–H and O–H groups in total. The second-order valence-corrected chi connectivity index (χ2v) is 6.49. The van der Waals surface area contributed by atoms with Gasteiger partial charge in [0.1, 0.15) is 0 Å². The van der Waals surface area contributed by atoms with Crippen LogP contribution >= 0.6 is 0 Å². The van der Waals surface area contributed by atoms with E-state index < -0.39 is 0 Å². The van der Waals surface area contributed by atoms with Crippen LogP contribution in [0, 0.1) is 0 Å². The van der Waals surface area contributed by atoms with E-state index in [-0.39, 0.29) is 11.9 Å². The Morgan fingerprint density at radius 1 is 1.07 bits per heavy atom. The number of urea groups is 1. The molecule has 1 aliphatic rings. The first-order valence-electron chi connectivity index (χ1n) is 9.22. The molecular formula is C21H25N3O3. The van der Waals surface area contributed by atoms with Crippen molar-refractivity contribution in [2.45, 2.75) is 19.3 Å². The number of benzene rings is 2. The highest BCUT2D eigenvalue weighted by molar-refractivity contribution is 6.02. The van der Waals surface area contributed by atoms with Crippen LogP contribution in [0.3, 0.4) is 0 Å². The topological polar surface area (TPSA) is 70.7 Å². The van der Waals surface area contributed by atoms with Crippen LogP contribution in [0.25, 0.3) is 0 Å². The Labute approximate surface area is 159 Å². The average molecular weight is 367 g/mol. The van der Waals surface area contributed by atoms with Gasteiger partial charge in [-0.25, -0.2) is 4.79 Å². The number of para-hydroxylation sites is 1. The highest BCUT2D eigenvalue weighted by Gasteiger charge is 2.20. The molecule has 3 amide bonds. The molecule has 142 valence electrons. The minimum absolute atomic E-state index is 0.151. The van der Waals surface area contributed by atoms with E-state index in [4.69, 9.17) is 4.74 Å². The van der Waals surface area contributed by atoms with Crippen molar-refractivity contribution in [3.63, 3.8) is 0 Å². The number of aryl methyl sites for hydroxylation is 1. The van der Waals surface area contributed by atoms with Crippen LogP contribution in [0.5, 0.6) is 0 Å². The van der Waals surface area contributed by atoms with Crippen molar-refractivity contribution in [1.29, 1.82) is 0 Å². The van der Waals surface area contributed by atoms with Crippen LogP contribution in [0.4, 0.5) is 16.2 Å². The monoisotopic (exact) mass is 367 g/mol. The molecule has 0 aromatic heterocycles. The maximum atomic E-state index is 12.8. The van der Waals surface area contributed by atoms with E-state index in [2.05, 4.69) is 16.7 Å². The molecule has 0 spiro atoms. The van der Waals surface area contributed by atoms with Crippen LogP contribution in [0.15, 0.2) is 48.5 Å². The first kappa shape index (κ1) is 18.9. The van der Waals surface area contributed by atoms with E-state index in [1.807, 2.05) is 18.2 Å². The maximum absolute atomic E-state index is 12.8. The lowest BCUT2D eigenvalue weighted by molar-refractivity contribution is 0.0937. The van der Waals surface area contributed by atoms with Crippen molar-refractivity contribution in [2.75, 3.05) is 37.0 Å². The lowest BCUT2D eigenvalue weighted by Crippen LogP contribution is -2.35. The van der Waals surface area contributed by atoms with Gasteiger partial charge in [-0.2, -0.15) is 0 Å². The second kappa shape index (κ2) is 9.19. The number of amides is 3. The molecule has 6 nitrogen and oxygen atoms in total. The summed E-state index contributed by atoms with van der Waals surface area (Å²) >= 11 is 0. The molecule has 2 aromatic rings. The predicted octanol–water partition coefficient (Wildman–Crippen LogP) is 3.44. The van der Waals surface area contributed by atoms with Crippen LogP contribution < -0.4 is 15.5 Å². The average Bonchev–Trinajstić information content (AvgIpc) is 2.91. The molecular weight excluding hydrogens is 342 g/mol. The number of methoxy groups -OCH3 is 1. The van der Waals surface area contributed by atoms with Crippen molar-refractivity contribution in [1.82, 2.24) is 5.32 Å². The van der Waals surface area contributed by atoms with Gasteiger partial charge in [-0.15, -0.1) is 0 Å². The Morgan fingerprint density at radius 3 is 2.63 bits per heavy atom. The van der Waals surface area contributed by atoms with Crippen molar-refractivity contribution in [3.8, 4) is 0 Å². The van der Waals surface area contributed by atoms with Gasteiger partial charge in [-0.05, 0) is 55.2 Å². The van der Waals surface area contributed by atoms with Gasteiger partial charge < -0.3 is 15.4 Å². The molecule has 6 heteroatoms. The SMILES string of the molecule is COCCNC(=O)c1ccc(NC(=O)N2CCCCc3ccccc32)cc1. The number of anilines is 2. The summed E-state index contributed by atoms with van der Waals surface area (Å²) in [5.74, 6) is -0.161. The Bertz CT molecular complexity index is 790. The summed E-state index contributed by atoms with van der Waals surface area (Å²) in [5, 5.41) is 5.70. The highest BCUT2D eigenvalue weighted by Crippen LogP contribution is 2.26. The lowest BCUT2D eigenvalue weighted by Gasteiger charge is -2.23. The summed E-state index contributed by atoms with van der Waals surface area (Å²) in [7, 11) is 1.59.